The van der Waals surface area contributed by atoms with Crippen LogP contribution in [0.4, 0.5) is 4.79 Å². The molecule has 0 spiro atoms. The number of carbonyl (C=O) groups is 1. The van der Waals surface area contributed by atoms with Crippen LogP contribution >= 0.6 is 73.6 Å². The van der Waals surface area contributed by atoms with Crippen LogP contribution < -0.4 is 14.8 Å². The lowest BCUT2D eigenvalue weighted by Crippen LogP contribution is -2.46. The molecule has 0 bridgehead atoms. The highest BCUT2D eigenvalue weighted by Crippen LogP contribution is 3.04. The third kappa shape index (κ3) is 13.2. The van der Waals surface area contributed by atoms with Crippen LogP contribution in [0.15, 0.2) is 18.2 Å². The molecule has 1 N–H and O–H groups in total. The first-order chi connectivity index (χ1) is 18.7. The van der Waals surface area contributed by atoms with E-state index in [4.69, 9.17) is 18.9 Å². The van der Waals surface area contributed by atoms with Crippen LogP contribution in [-0.4, -0.2) is 69.7 Å². The van der Waals surface area contributed by atoms with E-state index in [0.717, 1.165) is 58.2 Å². The molecule has 9 atom stereocenters. The van der Waals surface area contributed by atoms with Crippen molar-refractivity contribution in [3.63, 3.8) is 0 Å². The van der Waals surface area contributed by atoms with Gasteiger partial charge < -0.3 is 24.3 Å². The Morgan fingerprint density at radius 2 is 1.77 bits per heavy atom. The van der Waals surface area contributed by atoms with Crippen molar-refractivity contribution in [3.8, 4) is 11.5 Å². The number of hydrogen-bond donors (Lipinski definition) is 1. The highest BCUT2D eigenvalue weighted by atomic mass is 33.2. The first-order valence-electron chi connectivity index (χ1n) is 13.1. The maximum absolute atomic E-state index is 11.7. The molecule has 2 fully saturated rings. The summed E-state index contributed by atoms with van der Waals surface area (Å²) in [7, 11) is 18.9. The second-order valence-corrected chi connectivity index (χ2v) is 39.9. The van der Waals surface area contributed by atoms with Crippen LogP contribution in [0.5, 0.6) is 11.5 Å². The van der Waals surface area contributed by atoms with Gasteiger partial charge in [-0.25, -0.2) is 4.79 Å². The molecule has 7 nitrogen and oxygen atoms in total. The summed E-state index contributed by atoms with van der Waals surface area (Å²) < 4.78 is 22.6. The summed E-state index contributed by atoms with van der Waals surface area (Å²) in [6.07, 6.45) is 6.33. The number of benzene rings is 1. The lowest BCUT2D eigenvalue weighted by Gasteiger charge is -2.37. The minimum atomic E-state index is -0.310. The number of methoxy groups -OCH3 is 2. The van der Waals surface area contributed by atoms with E-state index in [2.05, 4.69) is 60.9 Å². The molecule has 0 radical (unpaired) electrons. The van der Waals surface area contributed by atoms with Crippen molar-refractivity contribution < 1.29 is 23.7 Å². The summed E-state index contributed by atoms with van der Waals surface area (Å²) in [5.74, 6) is 1.49. The van der Waals surface area contributed by atoms with E-state index >= 15 is 0 Å². The van der Waals surface area contributed by atoms with Gasteiger partial charge >= 0.3 is 6.09 Å². The number of ether oxygens (including phenoxy) is 4. The van der Waals surface area contributed by atoms with Gasteiger partial charge in [0.25, 0.3) is 0 Å². The number of hydrogen-bond acceptors (Lipinski definition) is 6. The van der Waals surface area contributed by atoms with Crippen molar-refractivity contribution in [2.75, 3.05) is 40.5 Å². The van der Waals surface area contributed by atoms with Crippen LogP contribution in [-0.2, 0) is 15.9 Å². The van der Waals surface area contributed by atoms with Crippen molar-refractivity contribution in [2.24, 2.45) is 0 Å². The average Bonchev–Trinajstić information content (AvgIpc) is 3.37. The van der Waals surface area contributed by atoms with Gasteiger partial charge in [0.15, 0.2) is 11.5 Å². The van der Waals surface area contributed by atoms with Gasteiger partial charge in [-0.2, -0.15) is 0 Å². The van der Waals surface area contributed by atoms with Gasteiger partial charge in [0, 0.05) is 25.7 Å². The highest BCUT2D eigenvalue weighted by Gasteiger charge is 2.36. The van der Waals surface area contributed by atoms with Crippen LogP contribution in [0.25, 0.3) is 0 Å². The largest absolute Gasteiger partial charge is 0.493 e. The number of nitrogens with one attached hydrogen (secondary N) is 1. The number of alkyl carbamates (subject to hydrolysis) is 1. The molecule has 3 rings (SSSR count). The normalized spacial score (nSPS) is 21.9. The summed E-state index contributed by atoms with van der Waals surface area (Å²) in [5, 5.41) is 2.71. The van der Waals surface area contributed by atoms with Gasteiger partial charge in [0.05, 0.1) is 26.9 Å². The van der Waals surface area contributed by atoms with Crippen molar-refractivity contribution >= 4 is 79.7 Å². The van der Waals surface area contributed by atoms with Crippen molar-refractivity contribution in [1.29, 1.82) is 0 Å². The lowest BCUT2D eigenvalue weighted by molar-refractivity contribution is -0.0319. The Labute approximate surface area is 252 Å². The molecule has 2 aliphatic rings. The molecule has 224 valence electrons. The quantitative estimate of drug-likeness (QED) is 0.221. The van der Waals surface area contributed by atoms with Crippen LogP contribution in [0, 0.1) is 0 Å². The fraction of sp³-hybridized carbons (Fsp3) is 0.696. The third-order valence-electron chi connectivity index (χ3n) is 6.63. The number of likely N-dealkylation sites (tertiary alicyclic amines) is 1. The molecular formula is C23H47N2O5P9. The van der Waals surface area contributed by atoms with Gasteiger partial charge in [-0.3, -0.25) is 4.90 Å². The van der Waals surface area contributed by atoms with E-state index in [-0.39, 0.29) is 32.3 Å². The molecule has 16 heteroatoms. The zero-order valence-corrected chi connectivity index (χ0v) is 32.7. The fourth-order valence-electron chi connectivity index (χ4n) is 4.80. The molecule has 1 aromatic rings. The number of nitrogens with zero attached hydrogens (tertiary/aromatic N) is 1. The van der Waals surface area contributed by atoms with Gasteiger partial charge in [0.2, 0.25) is 0 Å². The van der Waals surface area contributed by atoms with Crippen LogP contribution in [0.2, 0.25) is 0 Å². The molecule has 0 aromatic heterocycles. The van der Waals surface area contributed by atoms with E-state index in [1.54, 1.807) is 14.2 Å². The molecule has 1 amide bonds. The minimum absolute atomic E-state index is 0.0223. The number of amides is 1. The molecule has 1 aliphatic carbocycles. The highest BCUT2D eigenvalue weighted by molar-refractivity contribution is 9.10. The molecule has 1 heterocycles. The van der Waals surface area contributed by atoms with E-state index in [1.165, 1.54) is 18.4 Å². The predicted molar refractivity (Wildman–Crippen MR) is 193 cm³/mol. The number of rotatable bonds is 12. The fourth-order valence-corrected chi connectivity index (χ4v) is 65.9. The second-order valence-electron chi connectivity index (χ2n) is 9.22. The van der Waals surface area contributed by atoms with E-state index in [0.29, 0.717) is 26.2 Å². The molecule has 6 unspecified atom stereocenters. The summed E-state index contributed by atoms with van der Waals surface area (Å²) in [6, 6.07) is 6.43. The summed E-state index contributed by atoms with van der Waals surface area (Å²) in [6.45, 7) is 5.58. The molecule has 1 saturated heterocycles. The van der Waals surface area contributed by atoms with E-state index in [9.17, 15) is 4.79 Å². The predicted octanol–water partition coefficient (Wildman–Crippen LogP) is 8.20. The summed E-state index contributed by atoms with van der Waals surface area (Å²) in [4.78, 5) is 14.2. The second kappa shape index (κ2) is 20.8. The smallest absolute Gasteiger partial charge is 0.407 e. The van der Waals surface area contributed by atoms with E-state index in [1.807, 2.05) is 19.1 Å². The lowest BCUT2D eigenvalue weighted by atomic mass is 9.91. The van der Waals surface area contributed by atoms with Crippen LogP contribution in [0.3, 0.4) is 0 Å². The minimum Gasteiger partial charge on any atom is -0.493 e. The monoisotopic (exact) mass is 710 g/mol. The zero-order chi connectivity index (χ0) is 28.8. The topological polar surface area (TPSA) is 69.3 Å². The van der Waals surface area contributed by atoms with Gasteiger partial charge in [-0.15, -0.1) is 44.6 Å². The first-order valence-corrected chi connectivity index (χ1v) is 28.7. The number of carbonyl (C=O) groups excluding carboxylic acids is 1. The molecule has 1 saturated carbocycles. The molecule has 1 aliphatic heterocycles. The maximum Gasteiger partial charge on any atom is 0.407 e. The standard InChI is InChI=1S/C23H36N2O5.H11P9/c1-4-24-23(26)30-18-11-13-25(16-18)19-7-5-6-8-20(19)29-14-12-17-9-10-21(27-2)22(15-17)28-3;1-6-9(7(2)3)8(4)5/h9-10,15,18-20H,4-8,11-14,16H2,1-3H3,(H,24,26);6H,1-5H2/t18-,19-,20-;/m1./s1. The Hall–Kier alpha value is 1.88. The first kappa shape index (κ1) is 37.1. The van der Waals surface area contributed by atoms with E-state index < -0.39 is 0 Å². The SMILES string of the molecule is CCNC(=O)O[C@@H]1CCN([C@@H]2CCCC[C@H]2OCCc2ccc(OC)c(OC)c2)C1.PPP(P(P)P)P(P)P. The maximum atomic E-state index is 11.7. The molecule has 39 heavy (non-hydrogen) atoms. The van der Waals surface area contributed by atoms with Gasteiger partial charge in [-0.05, 0) is 71.3 Å². The van der Waals surface area contributed by atoms with Gasteiger partial charge in [0.1, 0.15) is 6.10 Å². The Morgan fingerprint density at radius 1 is 1.08 bits per heavy atom. The van der Waals surface area contributed by atoms with Crippen molar-refractivity contribution in [1.82, 2.24) is 10.2 Å². The summed E-state index contributed by atoms with van der Waals surface area (Å²) in [5.41, 5.74) is 1.18. The Kier molecular flexibility index (Phi) is 19.7. The van der Waals surface area contributed by atoms with Gasteiger partial charge in [-0.1, -0.05) is 26.9 Å². The summed E-state index contributed by atoms with van der Waals surface area (Å²) >= 11 is 0. The Morgan fingerprint density at radius 3 is 2.36 bits per heavy atom. The Balaban J connectivity index is 0.000000510. The molecular weight excluding hydrogens is 663 g/mol. The third-order valence-corrected chi connectivity index (χ3v) is 50.9. The molecule has 1 aromatic carbocycles. The zero-order valence-electron chi connectivity index (χ0n) is 23.3. The van der Waals surface area contributed by atoms with Crippen molar-refractivity contribution in [2.45, 2.75) is 63.7 Å². The Bertz CT molecular complexity index is 850. The average molecular weight is 710 g/mol. The van der Waals surface area contributed by atoms with Crippen molar-refractivity contribution in [3.05, 3.63) is 23.8 Å². The van der Waals surface area contributed by atoms with Crippen LogP contribution in [0.1, 0.15) is 44.6 Å².